The SMILES string of the molecule is O=C(c1ccccc1)c1ccc(C[n+]2csc3ccccc32)cc1. The third kappa shape index (κ3) is 2.86. The molecule has 0 N–H and O–H groups in total. The zero-order valence-corrected chi connectivity index (χ0v) is 13.9. The molecule has 0 aliphatic carbocycles. The van der Waals surface area contributed by atoms with Crippen LogP contribution in [0.1, 0.15) is 21.5 Å². The van der Waals surface area contributed by atoms with Crippen molar-refractivity contribution in [1.29, 1.82) is 0 Å². The summed E-state index contributed by atoms with van der Waals surface area (Å²) in [4.78, 5) is 12.4. The molecular formula is C21H16NOS+. The molecule has 24 heavy (non-hydrogen) atoms. The van der Waals surface area contributed by atoms with E-state index in [2.05, 4.69) is 34.3 Å². The minimum absolute atomic E-state index is 0.0655. The molecule has 0 fully saturated rings. The number of hydrogen-bond acceptors (Lipinski definition) is 2. The summed E-state index contributed by atoms with van der Waals surface area (Å²) >= 11 is 1.75. The number of hydrogen-bond donors (Lipinski definition) is 0. The van der Waals surface area contributed by atoms with Gasteiger partial charge >= 0.3 is 0 Å². The van der Waals surface area contributed by atoms with Crippen molar-refractivity contribution in [2.24, 2.45) is 0 Å². The Labute approximate surface area is 144 Å². The second-order valence-electron chi connectivity index (χ2n) is 5.71. The summed E-state index contributed by atoms with van der Waals surface area (Å²) in [6.45, 7) is 0.809. The fourth-order valence-corrected chi connectivity index (χ4v) is 3.70. The first-order valence-corrected chi connectivity index (χ1v) is 8.73. The van der Waals surface area contributed by atoms with Crippen molar-refractivity contribution in [1.82, 2.24) is 0 Å². The number of para-hydroxylation sites is 1. The third-order valence-electron chi connectivity index (χ3n) is 4.09. The van der Waals surface area contributed by atoms with Crippen LogP contribution in [-0.4, -0.2) is 5.78 Å². The Morgan fingerprint density at radius 3 is 2.25 bits per heavy atom. The van der Waals surface area contributed by atoms with Crippen LogP contribution in [0, 0.1) is 0 Å². The van der Waals surface area contributed by atoms with Gasteiger partial charge in [-0.2, -0.15) is 4.57 Å². The fraction of sp³-hybridized carbons (Fsp3) is 0.0476. The Bertz CT molecular complexity index is 987. The maximum atomic E-state index is 12.4. The predicted octanol–water partition coefficient (Wildman–Crippen LogP) is 4.47. The average Bonchev–Trinajstić information content (AvgIpc) is 3.06. The Morgan fingerprint density at radius 1 is 0.792 bits per heavy atom. The topological polar surface area (TPSA) is 20.9 Å². The molecule has 0 aliphatic heterocycles. The van der Waals surface area contributed by atoms with Crippen molar-refractivity contribution in [3.8, 4) is 0 Å². The highest BCUT2D eigenvalue weighted by molar-refractivity contribution is 7.16. The van der Waals surface area contributed by atoms with Crippen LogP contribution in [0.3, 0.4) is 0 Å². The van der Waals surface area contributed by atoms with E-state index in [-0.39, 0.29) is 5.78 Å². The van der Waals surface area contributed by atoms with Gasteiger partial charge in [-0.15, -0.1) is 0 Å². The normalized spacial score (nSPS) is 10.8. The maximum Gasteiger partial charge on any atom is 0.226 e. The first-order chi connectivity index (χ1) is 11.8. The first-order valence-electron chi connectivity index (χ1n) is 7.85. The van der Waals surface area contributed by atoms with Crippen LogP contribution in [0.25, 0.3) is 10.2 Å². The van der Waals surface area contributed by atoms with E-state index in [1.165, 1.54) is 15.8 Å². The fourth-order valence-electron chi connectivity index (χ4n) is 2.81. The van der Waals surface area contributed by atoms with Crippen molar-refractivity contribution in [3.63, 3.8) is 0 Å². The molecule has 1 heterocycles. The van der Waals surface area contributed by atoms with Crippen molar-refractivity contribution in [2.45, 2.75) is 6.54 Å². The van der Waals surface area contributed by atoms with Crippen LogP contribution in [0.2, 0.25) is 0 Å². The van der Waals surface area contributed by atoms with Gasteiger partial charge in [0.1, 0.15) is 4.70 Å². The first kappa shape index (κ1) is 14.8. The van der Waals surface area contributed by atoms with Crippen molar-refractivity contribution in [2.75, 3.05) is 0 Å². The number of benzene rings is 3. The number of aromatic nitrogens is 1. The molecule has 0 saturated carbocycles. The van der Waals surface area contributed by atoms with Gasteiger partial charge in [0.2, 0.25) is 11.0 Å². The zero-order valence-electron chi connectivity index (χ0n) is 13.1. The van der Waals surface area contributed by atoms with Gasteiger partial charge in [0.15, 0.2) is 12.3 Å². The Kier molecular flexibility index (Phi) is 3.93. The summed E-state index contributed by atoms with van der Waals surface area (Å²) < 4.78 is 3.53. The van der Waals surface area contributed by atoms with Gasteiger partial charge in [0.05, 0.1) is 0 Å². The highest BCUT2D eigenvalue weighted by Gasteiger charge is 2.13. The molecule has 3 heteroatoms. The summed E-state index contributed by atoms with van der Waals surface area (Å²) in [5.74, 6) is 0.0655. The molecule has 0 bridgehead atoms. The number of carbonyl (C=O) groups is 1. The number of fused-ring (bicyclic) bond motifs is 1. The van der Waals surface area contributed by atoms with Crippen LogP contribution in [0.4, 0.5) is 0 Å². The molecule has 0 radical (unpaired) electrons. The second kappa shape index (κ2) is 6.38. The lowest BCUT2D eigenvalue weighted by atomic mass is 10.0. The summed E-state index contributed by atoms with van der Waals surface area (Å²) in [6.07, 6.45) is 0. The average molecular weight is 330 g/mol. The van der Waals surface area contributed by atoms with Gasteiger partial charge in [-0.05, 0) is 6.07 Å². The molecule has 0 saturated heterocycles. The molecule has 0 spiro atoms. The highest BCUT2D eigenvalue weighted by atomic mass is 32.1. The Morgan fingerprint density at radius 2 is 1.46 bits per heavy atom. The lowest BCUT2D eigenvalue weighted by Crippen LogP contribution is -2.31. The molecule has 0 unspecified atom stereocenters. The minimum Gasteiger partial charge on any atom is -0.289 e. The molecule has 3 aromatic carbocycles. The second-order valence-corrected chi connectivity index (χ2v) is 6.60. The molecule has 0 amide bonds. The smallest absolute Gasteiger partial charge is 0.226 e. The van der Waals surface area contributed by atoms with E-state index in [0.717, 1.165) is 17.7 Å². The van der Waals surface area contributed by atoms with Crippen LogP contribution < -0.4 is 4.57 Å². The number of nitrogens with zero attached hydrogens (tertiary/aromatic N) is 1. The van der Waals surface area contributed by atoms with E-state index in [4.69, 9.17) is 0 Å². The summed E-state index contributed by atoms with van der Waals surface area (Å²) in [6, 6.07) is 25.7. The zero-order chi connectivity index (χ0) is 16.4. The summed E-state index contributed by atoms with van der Waals surface area (Å²) in [5, 5.41) is 0. The van der Waals surface area contributed by atoms with E-state index < -0.39 is 0 Å². The summed E-state index contributed by atoms with van der Waals surface area (Å²) in [5.41, 5.74) is 6.03. The number of carbonyl (C=O) groups excluding carboxylic acids is 1. The van der Waals surface area contributed by atoms with Gasteiger partial charge in [-0.3, -0.25) is 4.79 Å². The molecule has 1 aromatic heterocycles. The molecule has 4 aromatic rings. The molecular weight excluding hydrogens is 314 g/mol. The lowest BCUT2D eigenvalue weighted by molar-refractivity contribution is -0.658. The van der Waals surface area contributed by atoms with E-state index in [1.54, 1.807) is 11.3 Å². The van der Waals surface area contributed by atoms with Gasteiger partial charge in [-0.1, -0.05) is 78.1 Å². The van der Waals surface area contributed by atoms with E-state index in [1.807, 2.05) is 54.6 Å². The largest absolute Gasteiger partial charge is 0.289 e. The minimum atomic E-state index is 0.0655. The molecule has 4 rings (SSSR count). The lowest BCUT2D eigenvalue weighted by Gasteiger charge is -2.02. The molecule has 2 nitrogen and oxygen atoms in total. The van der Waals surface area contributed by atoms with E-state index >= 15 is 0 Å². The van der Waals surface area contributed by atoms with Gasteiger partial charge < -0.3 is 0 Å². The Hall–Kier alpha value is -2.78. The maximum absolute atomic E-state index is 12.4. The van der Waals surface area contributed by atoms with E-state index in [0.29, 0.717) is 0 Å². The van der Waals surface area contributed by atoms with Crippen LogP contribution >= 0.6 is 11.3 Å². The van der Waals surface area contributed by atoms with Crippen LogP contribution in [-0.2, 0) is 6.54 Å². The third-order valence-corrected chi connectivity index (χ3v) is 5.05. The van der Waals surface area contributed by atoms with Crippen molar-refractivity contribution in [3.05, 3.63) is 101 Å². The number of ketones is 1. The van der Waals surface area contributed by atoms with Gasteiger partial charge in [0, 0.05) is 22.8 Å². The Balaban J connectivity index is 1.57. The van der Waals surface area contributed by atoms with E-state index in [9.17, 15) is 4.79 Å². The monoisotopic (exact) mass is 330 g/mol. The summed E-state index contributed by atoms with van der Waals surface area (Å²) in [7, 11) is 0. The van der Waals surface area contributed by atoms with Crippen LogP contribution in [0.5, 0.6) is 0 Å². The quantitative estimate of drug-likeness (QED) is 0.399. The highest BCUT2D eigenvalue weighted by Crippen LogP contribution is 2.16. The van der Waals surface area contributed by atoms with Crippen LogP contribution in [0.15, 0.2) is 84.4 Å². The molecule has 116 valence electrons. The standard InChI is InChI=1S/C21H16NOS/c23-21(17-6-2-1-3-7-17)18-12-10-16(11-13-18)14-22-15-24-20-9-5-4-8-19(20)22/h1-13,15H,14H2/q+1. The molecule has 0 aliphatic rings. The molecule has 0 atom stereocenters. The number of thiazole rings is 1. The number of rotatable bonds is 4. The predicted molar refractivity (Wildman–Crippen MR) is 97.4 cm³/mol. The van der Waals surface area contributed by atoms with Gasteiger partial charge in [0.25, 0.3) is 0 Å². The van der Waals surface area contributed by atoms with Crippen molar-refractivity contribution < 1.29 is 9.36 Å². The van der Waals surface area contributed by atoms with Gasteiger partial charge in [-0.25, -0.2) is 0 Å². The van der Waals surface area contributed by atoms with Crippen molar-refractivity contribution >= 4 is 27.3 Å².